The molecule has 1 heterocycles. The van der Waals surface area contributed by atoms with E-state index in [2.05, 4.69) is 12.6 Å². The molecule has 1 amide bonds. The summed E-state index contributed by atoms with van der Waals surface area (Å²) < 4.78 is 13.2. The van der Waals surface area contributed by atoms with Crippen LogP contribution in [0, 0.1) is 12.7 Å². The lowest BCUT2D eigenvalue weighted by atomic mass is 10.2. The summed E-state index contributed by atoms with van der Waals surface area (Å²) in [7, 11) is 0. The van der Waals surface area contributed by atoms with Gasteiger partial charge in [-0.1, -0.05) is 11.6 Å². The number of aryl methyl sites for hydroxylation is 1. The third-order valence-electron chi connectivity index (χ3n) is 2.62. The molecule has 0 aliphatic carbocycles. The number of halogens is 2. The van der Waals surface area contributed by atoms with Crippen LogP contribution in [0.2, 0.25) is 5.02 Å². The van der Waals surface area contributed by atoms with Crippen molar-refractivity contribution in [1.82, 2.24) is 0 Å². The predicted octanol–water partition coefficient (Wildman–Crippen LogP) is 2.82. The molecule has 1 aromatic rings. The fourth-order valence-corrected chi connectivity index (χ4v) is 2.34. The summed E-state index contributed by atoms with van der Waals surface area (Å²) in [5.41, 5.74) is 1.05. The molecule has 1 unspecified atom stereocenters. The smallest absolute Gasteiger partial charge is 0.228 e. The van der Waals surface area contributed by atoms with Crippen LogP contribution in [-0.4, -0.2) is 17.7 Å². The van der Waals surface area contributed by atoms with Gasteiger partial charge < -0.3 is 4.90 Å². The highest BCUT2D eigenvalue weighted by molar-refractivity contribution is 7.81. The third-order valence-corrected chi connectivity index (χ3v) is 3.27. The second-order valence-electron chi connectivity index (χ2n) is 3.92. The first-order valence-corrected chi connectivity index (χ1v) is 5.82. The average molecular weight is 260 g/mol. The van der Waals surface area contributed by atoms with Crippen molar-refractivity contribution in [2.75, 3.05) is 11.4 Å². The zero-order chi connectivity index (χ0) is 11.9. The number of hydrogen-bond acceptors (Lipinski definition) is 2. The fourth-order valence-electron chi connectivity index (χ4n) is 1.77. The molecule has 16 heavy (non-hydrogen) atoms. The standard InChI is InChI=1S/C11H11ClFNOS/c1-6-2-10(8(12)4-9(6)13)14-5-7(16)3-11(14)15/h2,4,7,16H,3,5H2,1H3. The minimum Gasteiger partial charge on any atom is -0.310 e. The van der Waals surface area contributed by atoms with Gasteiger partial charge in [0.05, 0.1) is 10.7 Å². The Morgan fingerprint density at radius 1 is 1.56 bits per heavy atom. The number of benzene rings is 1. The maximum Gasteiger partial charge on any atom is 0.228 e. The number of anilines is 1. The summed E-state index contributed by atoms with van der Waals surface area (Å²) in [5, 5.41) is 0.285. The van der Waals surface area contributed by atoms with Gasteiger partial charge in [-0.25, -0.2) is 4.39 Å². The third kappa shape index (κ3) is 2.04. The molecule has 2 rings (SSSR count). The second kappa shape index (κ2) is 4.26. The highest BCUT2D eigenvalue weighted by Crippen LogP contribution is 2.32. The molecule has 1 aliphatic heterocycles. The SMILES string of the molecule is Cc1cc(N2CC(S)CC2=O)c(Cl)cc1F. The molecule has 0 radical (unpaired) electrons. The fraction of sp³-hybridized carbons (Fsp3) is 0.364. The Hall–Kier alpha value is -0.740. The maximum absolute atomic E-state index is 13.2. The number of carbonyl (C=O) groups excluding carboxylic acids is 1. The van der Waals surface area contributed by atoms with Gasteiger partial charge in [-0.3, -0.25) is 4.79 Å². The van der Waals surface area contributed by atoms with Gasteiger partial charge >= 0.3 is 0 Å². The summed E-state index contributed by atoms with van der Waals surface area (Å²) in [5.74, 6) is -0.379. The van der Waals surface area contributed by atoms with Crippen LogP contribution in [0.1, 0.15) is 12.0 Å². The molecule has 5 heteroatoms. The van der Waals surface area contributed by atoms with Crippen molar-refractivity contribution in [3.8, 4) is 0 Å². The topological polar surface area (TPSA) is 20.3 Å². The molecule has 86 valence electrons. The minimum absolute atomic E-state index is 0.0205. The normalized spacial score (nSPS) is 20.6. The Kier molecular flexibility index (Phi) is 3.13. The molecule has 0 bridgehead atoms. The highest BCUT2D eigenvalue weighted by Gasteiger charge is 2.29. The molecule has 1 fully saturated rings. The van der Waals surface area contributed by atoms with E-state index in [1.54, 1.807) is 17.9 Å². The van der Waals surface area contributed by atoms with Crippen molar-refractivity contribution in [2.45, 2.75) is 18.6 Å². The molecule has 1 saturated heterocycles. The number of thiol groups is 1. The quantitative estimate of drug-likeness (QED) is 0.769. The summed E-state index contributed by atoms with van der Waals surface area (Å²) in [6, 6.07) is 2.84. The Morgan fingerprint density at radius 2 is 2.25 bits per heavy atom. The van der Waals surface area contributed by atoms with E-state index in [-0.39, 0.29) is 22.0 Å². The molecule has 0 N–H and O–H groups in total. The zero-order valence-electron chi connectivity index (χ0n) is 8.70. The van der Waals surface area contributed by atoms with Crippen molar-refractivity contribution in [2.24, 2.45) is 0 Å². The van der Waals surface area contributed by atoms with Gasteiger partial charge in [0, 0.05) is 18.2 Å². The second-order valence-corrected chi connectivity index (χ2v) is 5.05. The van der Waals surface area contributed by atoms with Crippen molar-refractivity contribution >= 4 is 35.8 Å². The van der Waals surface area contributed by atoms with E-state index in [1.165, 1.54) is 6.07 Å². The van der Waals surface area contributed by atoms with E-state index in [4.69, 9.17) is 11.6 Å². The summed E-state index contributed by atoms with van der Waals surface area (Å²) in [6.07, 6.45) is 0.399. The van der Waals surface area contributed by atoms with Crippen LogP contribution < -0.4 is 4.90 Å². The van der Waals surface area contributed by atoms with Gasteiger partial charge in [0.15, 0.2) is 0 Å². The number of carbonyl (C=O) groups is 1. The number of nitrogens with zero attached hydrogens (tertiary/aromatic N) is 1. The van der Waals surface area contributed by atoms with E-state index in [9.17, 15) is 9.18 Å². The summed E-state index contributed by atoms with van der Waals surface area (Å²) >= 11 is 10.2. The van der Waals surface area contributed by atoms with E-state index in [0.29, 0.717) is 24.2 Å². The van der Waals surface area contributed by atoms with Crippen LogP contribution in [0.15, 0.2) is 12.1 Å². The van der Waals surface area contributed by atoms with Crippen LogP contribution in [0.5, 0.6) is 0 Å². The predicted molar refractivity (Wildman–Crippen MR) is 65.9 cm³/mol. The zero-order valence-corrected chi connectivity index (χ0v) is 10.4. The van der Waals surface area contributed by atoms with E-state index >= 15 is 0 Å². The first-order valence-electron chi connectivity index (χ1n) is 4.93. The number of rotatable bonds is 1. The van der Waals surface area contributed by atoms with Gasteiger partial charge in [-0.2, -0.15) is 12.6 Å². The lowest BCUT2D eigenvalue weighted by Crippen LogP contribution is -2.25. The van der Waals surface area contributed by atoms with Gasteiger partial charge in [-0.15, -0.1) is 0 Å². The van der Waals surface area contributed by atoms with Gasteiger partial charge in [0.2, 0.25) is 5.91 Å². The molecule has 1 aromatic carbocycles. The van der Waals surface area contributed by atoms with Crippen molar-refractivity contribution < 1.29 is 9.18 Å². The maximum atomic E-state index is 13.2. The van der Waals surface area contributed by atoms with E-state index < -0.39 is 0 Å². The van der Waals surface area contributed by atoms with Crippen LogP contribution in [0.25, 0.3) is 0 Å². The molecular weight excluding hydrogens is 249 g/mol. The Balaban J connectivity index is 2.41. The monoisotopic (exact) mass is 259 g/mol. The van der Waals surface area contributed by atoms with Crippen molar-refractivity contribution in [1.29, 1.82) is 0 Å². The largest absolute Gasteiger partial charge is 0.310 e. The molecule has 1 aliphatic rings. The lowest BCUT2D eigenvalue weighted by Gasteiger charge is -2.18. The summed E-state index contributed by atoms with van der Waals surface area (Å²) in [6.45, 7) is 2.17. The first kappa shape index (κ1) is 11.7. The molecule has 2 nitrogen and oxygen atoms in total. The van der Waals surface area contributed by atoms with Crippen molar-refractivity contribution in [3.63, 3.8) is 0 Å². The Morgan fingerprint density at radius 3 is 2.81 bits per heavy atom. The van der Waals surface area contributed by atoms with Crippen LogP contribution in [-0.2, 0) is 4.79 Å². The van der Waals surface area contributed by atoms with Crippen molar-refractivity contribution in [3.05, 3.63) is 28.5 Å². The van der Waals surface area contributed by atoms with Gasteiger partial charge in [0.1, 0.15) is 5.82 Å². The average Bonchev–Trinajstić information content (AvgIpc) is 2.51. The van der Waals surface area contributed by atoms with Crippen LogP contribution >= 0.6 is 24.2 Å². The highest BCUT2D eigenvalue weighted by atomic mass is 35.5. The number of hydrogen-bond donors (Lipinski definition) is 1. The minimum atomic E-state index is -0.359. The lowest BCUT2D eigenvalue weighted by molar-refractivity contribution is -0.117. The molecular formula is C11H11ClFNOS. The van der Waals surface area contributed by atoms with Crippen LogP contribution in [0.3, 0.4) is 0 Å². The van der Waals surface area contributed by atoms with E-state index in [1.807, 2.05) is 0 Å². The molecule has 0 aromatic heterocycles. The first-order chi connectivity index (χ1) is 7.49. The van der Waals surface area contributed by atoms with Gasteiger partial charge in [0.25, 0.3) is 0 Å². The van der Waals surface area contributed by atoms with Gasteiger partial charge in [-0.05, 0) is 24.6 Å². The van der Waals surface area contributed by atoms with E-state index in [0.717, 1.165) is 0 Å². The van der Waals surface area contributed by atoms with Crippen LogP contribution in [0.4, 0.5) is 10.1 Å². The Labute approximate surface area is 104 Å². The summed E-state index contributed by atoms with van der Waals surface area (Å²) in [4.78, 5) is 13.2. The molecule has 1 atom stereocenters. The molecule has 0 saturated carbocycles. The Bertz CT molecular complexity index is 452. The number of amides is 1. The molecule has 0 spiro atoms.